The van der Waals surface area contributed by atoms with Gasteiger partial charge in [0.25, 0.3) is 0 Å². The second-order valence-electron chi connectivity index (χ2n) is 12.6. The molecule has 318 valence electrons. The van der Waals surface area contributed by atoms with Gasteiger partial charge < -0.3 is 16.6 Å². The van der Waals surface area contributed by atoms with E-state index in [0.717, 1.165) is 29.8 Å². The van der Waals surface area contributed by atoms with Crippen LogP contribution in [0, 0.1) is 5.82 Å². The van der Waals surface area contributed by atoms with Crippen molar-refractivity contribution >= 4 is 61.5 Å². The average Bonchev–Trinajstić information content (AvgIpc) is 3.08. The number of phenols is 1. The fourth-order valence-electron chi connectivity index (χ4n) is 3.84. The molecule has 0 saturated carbocycles. The quantitative estimate of drug-likeness (QED) is 0.117. The van der Waals surface area contributed by atoms with Gasteiger partial charge in [0.2, 0.25) is 50.1 Å². The van der Waals surface area contributed by atoms with Gasteiger partial charge >= 0.3 is 0 Å². The molecule has 0 heterocycles. The molecule has 0 radical (unpaired) electrons. The standard InChI is InChI=1S/C10H15NO2S.C6H6FNO2S.2C6H8N2O2S.C6H7NO3S/c1-10(2,3)8-4-6-9(7-5-8)14(11,12)13;7-5-1-3-6(4-2-5)11(8,9)10;7-5-2-1-3-6(4-5)11(8,9)10;7-5-3-1-2-4-6(5)11(8,9)10;7-11(9,10)6-3-1-5(8)2-4-6/h4-7H,1-3H3,(H2,11,12,13);1-4H,(H2,8,9,10);2*1-4H,7H2,(H2,8,9,10);1-4,8H,(H2,7,9,10). The number of para-hydroxylation sites is 1. The molecule has 0 aliphatic carbocycles. The average molecular weight is 906 g/mol. The van der Waals surface area contributed by atoms with E-state index in [1.54, 1.807) is 30.3 Å². The zero-order valence-electron chi connectivity index (χ0n) is 31.0. The second-order valence-corrected chi connectivity index (χ2v) is 20.3. The van der Waals surface area contributed by atoms with Crippen LogP contribution in [0.3, 0.4) is 0 Å². The van der Waals surface area contributed by atoms with Crippen LogP contribution in [0.2, 0.25) is 0 Å². The molecule has 0 saturated heterocycles. The van der Waals surface area contributed by atoms with Crippen LogP contribution in [0.5, 0.6) is 5.75 Å². The van der Waals surface area contributed by atoms with E-state index in [1.165, 1.54) is 66.7 Å². The number of nitrogens with two attached hydrogens (primary N) is 7. The van der Waals surface area contributed by atoms with Crippen molar-refractivity contribution in [3.05, 3.63) is 133 Å². The maximum absolute atomic E-state index is 12.2. The number of hydrogen-bond acceptors (Lipinski definition) is 13. The number of sulfonamides is 5. The molecule has 24 heteroatoms. The van der Waals surface area contributed by atoms with E-state index in [9.17, 15) is 46.5 Å². The molecule has 0 aliphatic heterocycles. The normalized spacial score (nSPS) is 11.7. The van der Waals surface area contributed by atoms with Crippen LogP contribution >= 0.6 is 0 Å². The number of hydrogen-bond donors (Lipinski definition) is 8. The van der Waals surface area contributed by atoms with Crippen molar-refractivity contribution in [2.75, 3.05) is 11.5 Å². The lowest BCUT2D eigenvalue weighted by Crippen LogP contribution is -2.14. The first-order valence-corrected chi connectivity index (χ1v) is 23.5. The Hall–Kier alpha value is -5.02. The Morgan fingerprint density at radius 1 is 0.466 bits per heavy atom. The summed E-state index contributed by atoms with van der Waals surface area (Å²) in [5, 5.41) is 33.0. The van der Waals surface area contributed by atoms with Crippen molar-refractivity contribution in [2.24, 2.45) is 25.7 Å². The van der Waals surface area contributed by atoms with Crippen molar-refractivity contribution < 1.29 is 51.6 Å². The Bertz CT molecular complexity index is 2620. The van der Waals surface area contributed by atoms with Crippen LogP contribution < -0.4 is 37.2 Å². The van der Waals surface area contributed by atoms with E-state index in [1.807, 2.05) is 0 Å². The summed E-state index contributed by atoms with van der Waals surface area (Å²) < 4.78 is 120. The van der Waals surface area contributed by atoms with Gasteiger partial charge in [0.05, 0.1) is 25.3 Å². The van der Waals surface area contributed by atoms with Gasteiger partial charge in [-0.2, -0.15) is 0 Å². The minimum atomic E-state index is -3.69. The summed E-state index contributed by atoms with van der Waals surface area (Å²) in [6.07, 6.45) is 0. The van der Waals surface area contributed by atoms with Gasteiger partial charge in [-0.25, -0.2) is 72.2 Å². The number of phenolic OH excluding ortho intramolecular Hbond substituents is 1. The zero-order chi connectivity index (χ0) is 44.9. The van der Waals surface area contributed by atoms with Crippen molar-refractivity contribution in [1.82, 2.24) is 0 Å². The highest BCUT2D eigenvalue weighted by Crippen LogP contribution is 2.23. The molecular weight excluding hydrogens is 862 g/mol. The fourth-order valence-corrected chi connectivity index (χ4v) is 6.62. The van der Waals surface area contributed by atoms with Gasteiger partial charge in [0.15, 0.2) is 0 Å². The van der Waals surface area contributed by atoms with Crippen LogP contribution in [0.15, 0.2) is 146 Å². The third-order valence-electron chi connectivity index (χ3n) is 6.77. The van der Waals surface area contributed by atoms with Crippen molar-refractivity contribution in [3.63, 3.8) is 0 Å². The lowest BCUT2D eigenvalue weighted by atomic mass is 9.87. The second kappa shape index (κ2) is 20.6. The van der Waals surface area contributed by atoms with Gasteiger partial charge in [0, 0.05) is 5.69 Å². The van der Waals surface area contributed by atoms with Gasteiger partial charge in [0.1, 0.15) is 16.5 Å². The zero-order valence-corrected chi connectivity index (χ0v) is 35.1. The predicted octanol–water partition coefficient (Wildman–Crippen LogP) is 1.98. The predicted molar refractivity (Wildman–Crippen MR) is 218 cm³/mol. The van der Waals surface area contributed by atoms with E-state index >= 15 is 0 Å². The third-order valence-corrected chi connectivity index (χ3v) is 11.5. The summed E-state index contributed by atoms with van der Waals surface area (Å²) in [7, 11) is -18.1. The summed E-state index contributed by atoms with van der Waals surface area (Å²) in [6, 6.07) is 27.9. The highest BCUT2D eigenvalue weighted by Gasteiger charge is 2.15. The first-order chi connectivity index (χ1) is 26.2. The number of anilines is 2. The van der Waals surface area contributed by atoms with Crippen LogP contribution in [-0.4, -0.2) is 47.2 Å². The largest absolute Gasteiger partial charge is 0.508 e. The SMILES string of the molecule is CC(C)(C)c1ccc(S(N)(=O)=O)cc1.NS(=O)(=O)c1ccc(F)cc1.NS(=O)(=O)c1ccc(O)cc1.Nc1cccc(S(N)(=O)=O)c1.Nc1ccccc1S(N)(=O)=O. The van der Waals surface area contributed by atoms with Crippen molar-refractivity contribution in [3.8, 4) is 5.75 Å². The Kier molecular flexibility index (Phi) is 18.1. The molecule has 15 N–H and O–H groups in total. The van der Waals surface area contributed by atoms with Crippen LogP contribution in [0.1, 0.15) is 26.3 Å². The minimum Gasteiger partial charge on any atom is -0.508 e. The maximum atomic E-state index is 12.2. The van der Waals surface area contributed by atoms with Crippen molar-refractivity contribution in [2.45, 2.75) is 50.7 Å². The number of primary sulfonamides is 5. The fraction of sp³-hybridized carbons (Fsp3) is 0.118. The summed E-state index contributed by atoms with van der Waals surface area (Å²) in [6.45, 7) is 6.21. The first-order valence-electron chi connectivity index (χ1n) is 15.7. The molecule has 0 atom stereocenters. The number of aromatic hydroxyl groups is 1. The molecule has 5 rings (SSSR count). The molecule has 5 aromatic carbocycles. The van der Waals surface area contributed by atoms with E-state index < -0.39 is 55.9 Å². The number of benzene rings is 5. The molecule has 0 aromatic heterocycles. The van der Waals surface area contributed by atoms with Gasteiger partial charge in [-0.15, -0.1) is 0 Å². The molecule has 5 aromatic rings. The number of halogens is 1. The Balaban J connectivity index is 0.000000364. The van der Waals surface area contributed by atoms with Gasteiger partial charge in [-0.3, -0.25) is 0 Å². The smallest absolute Gasteiger partial charge is 0.240 e. The van der Waals surface area contributed by atoms with Gasteiger partial charge in [-0.05, 0) is 102 Å². The molecule has 0 aliphatic rings. The molecule has 58 heavy (non-hydrogen) atoms. The molecule has 0 fully saturated rings. The van der Waals surface area contributed by atoms with Crippen LogP contribution in [0.25, 0.3) is 0 Å². The van der Waals surface area contributed by atoms with E-state index in [-0.39, 0.29) is 41.3 Å². The topological polar surface area (TPSA) is 373 Å². The minimum absolute atomic E-state index is 0.00435. The molecule has 0 bridgehead atoms. The van der Waals surface area contributed by atoms with E-state index in [0.29, 0.717) is 5.69 Å². The van der Waals surface area contributed by atoms with E-state index in [2.05, 4.69) is 20.8 Å². The Morgan fingerprint density at radius 3 is 1.16 bits per heavy atom. The lowest BCUT2D eigenvalue weighted by molar-refractivity contribution is 0.474. The monoisotopic (exact) mass is 905 g/mol. The summed E-state index contributed by atoms with van der Waals surface area (Å²) in [4.78, 5) is 0.0807. The molecular formula is C34H44FN7O11S5. The third kappa shape index (κ3) is 18.9. The lowest BCUT2D eigenvalue weighted by Gasteiger charge is -2.18. The summed E-state index contributed by atoms with van der Waals surface area (Å²) >= 11 is 0. The number of nitrogen functional groups attached to an aromatic ring is 2. The highest BCUT2D eigenvalue weighted by atomic mass is 32.2. The van der Waals surface area contributed by atoms with Crippen molar-refractivity contribution in [1.29, 1.82) is 0 Å². The molecule has 0 amide bonds. The summed E-state index contributed by atoms with van der Waals surface area (Å²) in [5.41, 5.74) is 12.4. The Morgan fingerprint density at radius 2 is 0.845 bits per heavy atom. The van der Waals surface area contributed by atoms with Gasteiger partial charge in [-0.1, -0.05) is 51.1 Å². The first kappa shape index (κ1) is 51.0. The molecule has 18 nitrogen and oxygen atoms in total. The Labute approximate surface area is 337 Å². The number of rotatable bonds is 5. The van der Waals surface area contributed by atoms with E-state index in [4.69, 9.17) is 42.3 Å². The molecule has 0 unspecified atom stereocenters. The van der Waals surface area contributed by atoms with Crippen LogP contribution in [0.4, 0.5) is 15.8 Å². The maximum Gasteiger partial charge on any atom is 0.240 e. The summed E-state index contributed by atoms with van der Waals surface area (Å²) in [5.74, 6) is -0.477. The highest BCUT2D eigenvalue weighted by molar-refractivity contribution is 7.90. The molecule has 0 spiro atoms. The van der Waals surface area contributed by atoms with Crippen LogP contribution in [-0.2, 0) is 55.5 Å².